The molecule has 2 atom stereocenters. The molecule has 0 aromatic rings. The fourth-order valence-corrected chi connectivity index (χ4v) is 2.04. The van der Waals surface area contributed by atoms with Crippen molar-refractivity contribution < 1.29 is 9.53 Å². The van der Waals surface area contributed by atoms with E-state index in [9.17, 15) is 4.79 Å². The number of hydrogen-bond donors (Lipinski definition) is 0. The monoisotopic (exact) mass is 198 g/mol. The van der Waals surface area contributed by atoms with E-state index in [2.05, 4.69) is 13.8 Å². The molecule has 2 nitrogen and oxygen atoms in total. The number of hydrogen-bond acceptors (Lipinski definition) is 2. The summed E-state index contributed by atoms with van der Waals surface area (Å²) in [6, 6.07) is 0. The van der Waals surface area contributed by atoms with E-state index in [1.54, 1.807) is 0 Å². The average Bonchev–Trinajstić information content (AvgIpc) is 2.17. The summed E-state index contributed by atoms with van der Waals surface area (Å²) in [6.45, 7) is 4.35. The number of carbonyl (C=O) groups is 1. The lowest BCUT2D eigenvalue weighted by Crippen LogP contribution is -2.44. The van der Waals surface area contributed by atoms with Crippen LogP contribution in [0.4, 0.5) is 0 Å². The molecule has 1 heterocycles. The van der Waals surface area contributed by atoms with Crippen LogP contribution in [0.2, 0.25) is 0 Å². The molecular weight excluding hydrogens is 176 g/mol. The smallest absolute Gasteiger partial charge is 0.313 e. The van der Waals surface area contributed by atoms with E-state index in [0.29, 0.717) is 0 Å². The quantitative estimate of drug-likeness (QED) is 0.463. The molecule has 0 aromatic heterocycles. The molecule has 0 aromatic carbocycles. The van der Waals surface area contributed by atoms with Gasteiger partial charge in [-0.05, 0) is 12.8 Å². The molecule has 1 aliphatic rings. The summed E-state index contributed by atoms with van der Waals surface area (Å²) in [5.41, 5.74) is 0. The van der Waals surface area contributed by atoms with Crippen molar-refractivity contribution in [2.45, 2.75) is 64.9 Å². The van der Waals surface area contributed by atoms with Crippen molar-refractivity contribution >= 4 is 5.97 Å². The zero-order chi connectivity index (χ0) is 10.4. The van der Waals surface area contributed by atoms with Gasteiger partial charge in [-0.25, -0.2) is 0 Å². The molecule has 0 unspecified atom stereocenters. The third-order valence-electron chi connectivity index (χ3n) is 2.96. The lowest BCUT2D eigenvalue weighted by molar-refractivity contribution is -0.186. The van der Waals surface area contributed by atoms with Gasteiger partial charge in [-0.3, -0.25) is 4.79 Å². The minimum Gasteiger partial charge on any atom is -0.461 e. The molecule has 1 aliphatic heterocycles. The molecule has 0 saturated carbocycles. The Morgan fingerprint density at radius 1 is 1.07 bits per heavy atom. The standard InChI is InChI=1S/C12H22O2/c1-3-5-6-7-9-10-11(8-4-2)14-12(10)13/h10-11H,3-9H2,1-2H3/t10-,11-/m0/s1. The van der Waals surface area contributed by atoms with E-state index in [1.807, 2.05) is 0 Å². The number of carbonyl (C=O) groups excluding carboxylic acids is 1. The van der Waals surface area contributed by atoms with Gasteiger partial charge in [0.15, 0.2) is 0 Å². The second kappa shape index (κ2) is 6.05. The van der Waals surface area contributed by atoms with Crippen LogP contribution in [0.25, 0.3) is 0 Å². The van der Waals surface area contributed by atoms with Gasteiger partial charge < -0.3 is 4.74 Å². The maximum atomic E-state index is 11.2. The fourth-order valence-electron chi connectivity index (χ4n) is 2.04. The molecule has 82 valence electrons. The first kappa shape index (κ1) is 11.5. The SMILES string of the molecule is CCCCCC[C@@H]1C(=O)O[C@H]1CCC. The molecule has 2 heteroatoms. The van der Waals surface area contributed by atoms with Crippen molar-refractivity contribution in [1.82, 2.24) is 0 Å². The van der Waals surface area contributed by atoms with Crippen molar-refractivity contribution in [3.05, 3.63) is 0 Å². The number of esters is 1. The van der Waals surface area contributed by atoms with Crippen LogP contribution in [0.3, 0.4) is 0 Å². The summed E-state index contributed by atoms with van der Waals surface area (Å²) in [5.74, 6) is 0.270. The van der Waals surface area contributed by atoms with Crippen molar-refractivity contribution in [2.24, 2.45) is 5.92 Å². The highest BCUT2D eigenvalue weighted by atomic mass is 16.6. The van der Waals surface area contributed by atoms with Crippen LogP contribution in [-0.2, 0) is 9.53 Å². The van der Waals surface area contributed by atoms with Gasteiger partial charge in [0.25, 0.3) is 0 Å². The largest absolute Gasteiger partial charge is 0.461 e. The normalized spacial score (nSPS) is 25.7. The van der Waals surface area contributed by atoms with Gasteiger partial charge >= 0.3 is 5.97 Å². The molecule has 1 rings (SSSR count). The highest BCUT2D eigenvalue weighted by Gasteiger charge is 2.40. The Kier molecular flexibility index (Phi) is 4.99. The second-order valence-electron chi connectivity index (χ2n) is 4.22. The summed E-state index contributed by atoms with van der Waals surface area (Å²) in [6.07, 6.45) is 8.45. The maximum absolute atomic E-state index is 11.2. The predicted molar refractivity (Wildman–Crippen MR) is 57.0 cm³/mol. The predicted octanol–water partition coefficient (Wildman–Crippen LogP) is 3.30. The molecule has 0 bridgehead atoms. The summed E-state index contributed by atoms with van der Waals surface area (Å²) >= 11 is 0. The molecule has 0 aliphatic carbocycles. The van der Waals surface area contributed by atoms with E-state index in [1.165, 1.54) is 25.7 Å². The number of rotatable bonds is 7. The molecule has 0 N–H and O–H groups in total. The minimum atomic E-state index is 0.0416. The van der Waals surface area contributed by atoms with Gasteiger partial charge in [0, 0.05) is 0 Å². The van der Waals surface area contributed by atoms with E-state index >= 15 is 0 Å². The van der Waals surface area contributed by atoms with Crippen molar-refractivity contribution in [1.29, 1.82) is 0 Å². The summed E-state index contributed by atoms with van der Waals surface area (Å²) in [4.78, 5) is 11.2. The van der Waals surface area contributed by atoms with Crippen LogP contribution < -0.4 is 0 Å². The van der Waals surface area contributed by atoms with Crippen LogP contribution in [0.15, 0.2) is 0 Å². The van der Waals surface area contributed by atoms with E-state index < -0.39 is 0 Å². The maximum Gasteiger partial charge on any atom is 0.313 e. The molecule has 0 spiro atoms. The first-order chi connectivity index (χ1) is 6.79. The number of unbranched alkanes of at least 4 members (excludes halogenated alkanes) is 3. The Hall–Kier alpha value is -0.530. The molecule has 0 radical (unpaired) electrons. The summed E-state index contributed by atoms with van der Waals surface area (Å²) in [5, 5.41) is 0. The molecule has 14 heavy (non-hydrogen) atoms. The topological polar surface area (TPSA) is 26.3 Å². The Labute approximate surface area is 87.0 Å². The molecule has 1 fully saturated rings. The zero-order valence-electron chi connectivity index (χ0n) is 9.42. The Morgan fingerprint density at radius 2 is 1.86 bits per heavy atom. The Morgan fingerprint density at radius 3 is 2.43 bits per heavy atom. The number of ether oxygens (including phenoxy) is 1. The van der Waals surface area contributed by atoms with Crippen LogP contribution in [0.5, 0.6) is 0 Å². The van der Waals surface area contributed by atoms with E-state index in [4.69, 9.17) is 4.74 Å². The van der Waals surface area contributed by atoms with Gasteiger partial charge in [0.1, 0.15) is 6.10 Å². The summed E-state index contributed by atoms with van der Waals surface area (Å²) < 4.78 is 5.11. The van der Waals surface area contributed by atoms with Crippen molar-refractivity contribution in [3.63, 3.8) is 0 Å². The Bertz CT molecular complexity index is 177. The van der Waals surface area contributed by atoms with Crippen molar-refractivity contribution in [2.75, 3.05) is 0 Å². The number of cyclic esters (lactones) is 1. The van der Waals surface area contributed by atoms with Crippen LogP contribution >= 0.6 is 0 Å². The van der Waals surface area contributed by atoms with Gasteiger partial charge in [-0.2, -0.15) is 0 Å². The fraction of sp³-hybridized carbons (Fsp3) is 0.917. The van der Waals surface area contributed by atoms with Gasteiger partial charge in [0.2, 0.25) is 0 Å². The van der Waals surface area contributed by atoms with Crippen molar-refractivity contribution in [3.8, 4) is 0 Å². The first-order valence-electron chi connectivity index (χ1n) is 6.00. The van der Waals surface area contributed by atoms with Crippen LogP contribution in [0.1, 0.15) is 58.8 Å². The van der Waals surface area contributed by atoms with Gasteiger partial charge in [-0.1, -0.05) is 46.0 Å². The second-order valence-corrected chi connectivity index (χ2v) is 4.22. The molecular formula is C12H22O2. The highest BCUT2D eigenvalue weighted by Crippen LogP contribution is 2.30. The lowest BCUT2D eigenvalue weighted by Gasteiger charge is -2.35. The first-order valence-corrected chi connectivity index (χ1v) is 6.00. The Balaban J connectivity index is 2.12. The summed E-state index contributed by atoms with van der Waals surface area (Å²) in [7, 11) is 0. The van der Waals surface area contributed by atoms with Crippen LogP contribution in [0, 0.1) is 5.92 Å². The third kappa shape index (κ3) is 3.00. The van der Waals surface area contributed by atoms with Gasteiger partial charge in [0.05, 0.1) is 5.92 Å². The highest BCUT2D eigenvalue weighted by molar-refractivity contribution is 5.78. The third-order valence-corrected chi connectivity index (χ3v) is 2.96. The lowest BCUT2D eigenvalue weighted by atomic mass is 9.88. The minimum absolute atomic E-state index is 0.0416. The zero-order valence-corrected chi connectivity index (χ0v) is 9.42. The van der Waals surface area contributed by atoms with E-state index in [0.717, 1.165) is 19.3 Å². The van der Waals surface area contributed by atoms with Gasteiger partial charge in [-0.15, -0.1) is 0 Å². The molecule has 1 saturated heterocycles. The average molecular weight is 198 g/mol. The van der Waals surface area contributed by atoms with E-state index in [-0.39, 0.29) is 18.0 Å². The van der Waals surface area contributed by atoms with Crippen LogP contribution in [-0.4, -0.2) is 12.1 Å². The molecule has 0 amide bonds.